The van der Waals surface area contributed by atoms with E-state index in [-0.39, 0.29) is 12.1 Å². The Morgan fingerprint density at radius 2 is 1.92 bits per heavy atom. The van der Waals surface area contributed by atoms with Gasteiger partial charge in [-0.25, -0.2) is 13.4 Å². The minimum Gasteiger partial charge on any atom is -0.494 e. The molecule has 11 heteroatoms. The molecule has 4 heterocycles. The van der Waals surface area contributed by atoms with E-state index in [9.17, 15) is 8.42 Å². The van der Waals surface area contributed by atoms with Crippen LogP contribution in [0, 0.1) is 6.92 Å². The van der Waals surface area contributed by atoms with Crippen molar-refractivity contribution in [1.82, 2.24) is 19.9 Å². The molecule has 0 aliphatic carbocycles. The average molecular weight is 535 g/mol. The van der Waals surface area contributed by atoms with Crippen LogP contribution in [0.5, 0.6) is 5.75 Å². The molecule has 190 valence electrons. The van der Waals surface area contributed by atoms with Gasteiger partial charge in [0, 0.05) is 36.0 Å². The summed E-state index contributed by atoms with van der Waals surface area (Å²) >= 11 is 5.84. The summed E-state index contributed by atoms with van der Waals surface area (Å²) in [4.78, 5) is 11.2. The number of hydrogen-bond acceptors (Lipinski definition) is 6. The largest absolute Gasteiger partial charge is 0.494 e. The lowest BCUT2D eigenvalue weighted by Gasteiger charge is -2.29. The number of nitrogens with one attached hydrogen (secondary N) is 2. The van der Waals surface area contributed by atoms with Crippen LogP contribution in [0.1, 0.15) is 29.0 Å². The fourth-order valence-electron chi connectivity index (χ4n) is 4.49. The van der Waals surface area contributed by atoms with E-state index >= 15 is 0 Å². The second kappa shape index (κ2) is 9.83. The molecule has 4 aromatic rings. The highest BCUT2D eigenvalue weighted by molar-refractivity contribution is 7.92. The van der Waals surface area contributed by atoms with E-state index in [0.717, 1.165) is 34.7 Å². The van der Waals surface area contributed by atoms with Gasteiger partial charge in [-0.3, -0.25) is 9.71 Å². The van der Waals surface area contributed by atoms with Crippen molar-refractivity contribution >= 4 is 38.7 Å². The van der Waals surface area contributed by atoms with Gasteiger partial charge in [-0.1, -0.05) is 12.1 Å². The maximum absolute atomic E-state index is 11.8. The van der Waals surface area contributed by atoms with Crippen molar-refractivity contribution in [1.29, 1.82) is 0 Å². The third-order valence-electron chi connectivity index (χ3n) is 6.08. The first-order valence-electron chi connectivity index (χ1n) is 11.5. The number of sulfonamides is 1. The van der Waals surface area contributed by atoms with E-state index in [4.69, 9.17) is 17.0 Å². The molecule has 37 heavy (non-hydrogen) atoms. The van der Waals surface area contributed by atoms with E-state index in [1.54, 1.807) is 18.3 Å². The van der Waals surface area contributed by atoms with E-state index in [1.807, 2.05) is 77.3 Å². The summed E-state index contributed by atoms with van der Waals surface area (Å²) in [5.74, 6) is 1.16. The lowest BCUT2D eigenvalue weighted by molar-refractivity contribution is 0.417. The first kappa shape index (κ1) is 24.7. The van der Waals surface area contributed by atoms with Crippen LogP contribution in [0.25, 0.3) is 5.82 Å². The first-order valence-corrected chi connectivity index (χ1v) is 13.8. The molecular weight excluding hydrogens is 508 g/mol. The molecule has 1 aromatic carbocycles. The molecule has 0 spiro atoms. The van der Waals surface area contributed by atoms with Gasteiger partial charge in [0.15, 0.2) is 5.11 Å². The van der Waals surface area contributed by atoms with Gasteiger partial charge >= 0.3 is 0 Å². The number of aromatic nitrogens is 3. The molecule has 1 aliphatic rings. The van der Waals surface area contributed by atoms with Crippen LogP contribution in [-0.2, 0) is 10.0 Å². The Kier molecular flexibility index (Phi) is 6.57. The zero-order valence-electron chi connectivity index (χ0n) is 20.5. The van der Waals surface area contributed by atoms with Crippen LogP contribution in [0.2, 0.25) is 0 Å². The predicted octanol–water partition coefficient (Wildman–Crippen LogP) is 4.13. The third kappa shape index (κ3) is 5.00. The van der Waals surface area contributed by atoms with Gasteiger partial charge in [0.1, 0.15) is 17.6 Å². The Labute approximate surface area is 221 Å². The standard InChI is InChI=1S/C26H26N6O3S2/c1-17-9-12-23(28-16-17)31-14-6-8-21(31)25-24(20-7-4-5-13-27-20)29-26(36)32(25)18-10-11-19(22(15-18)35-2)30-37(3,33)34/h4-16,24-25,30H,1-3H3,(H,29,36)/t24-,25+/m1/s1. The Balaban J connectivity index is 1.64. The Morgan fingerprint density at radius 3 is 2.59 bits per heavy atom. The van der Waals surface area contributed by atoms with Crippen LogP contribution >= 0.6 is 12.2 Å². The highest BCUT2D eigenvalue weighted by Gasteiger charge is 2.42. The fourth-order valence-corrected chi connectivity index (χ4v) is 5.41. The topological polar surface area (TPSA) is 101 Å². The molecule has 1 saturated heterocycles. The molecule has 0 unspecified atom stereocenters. The van der Waals surface area contributed by atoms with Gasteiger partial charge in [-0.15, -0.1) is 0 Å². The zero-order chi connectivity index (χ0) is 26.2. The summed E-state index contributed by atoms with van der Waals surface area (Å²) in [7, 11) is -1.99. The van der Waals surface area contributed by atoms with E-state index in [2.05, 4.69) is 20.0 Å². The number of methoxy groups -OCH3 is 1. The van der Waals surface area contributed by atoms with E-state index < -0.39 is 10.0 Å². The van der Waals surface area contributed by atoms with Gasteiger partial charge in [0.25, 0.3) is 0 Å². The van der Waals surface area contributed by atoms with Crippen LogP contribution < -0.4 is 19.7 Å². The lowest BCUT2D eigenvalue weighted by Crippen LogP contribution is -2.30. The molecule has 2 atom stereocenters. The first-order chi connectivity index (χ1) is 17.7. The van der Waals surface area contributed by atoms with Crippen molar-refractivity contribution in [3.63, 3.8) is 0 Å². The van der Waals surface area contributed by atoms with Crippen LogP contribution in [0.15, 0.2) is 79.3 Å². The number of ether oxygens (including phenoxy) is 1. The Hall–Kier alpha value is -3.96. The zero-order valence-corrected chi connectivity index (χ0v) is 22.1. The molecule has 0 amide bonds. The maximum atomic E-state index is 11.8. The third-order valence-corrected chi connectivity index (χ3v) is 6.99. The van der Waals surface area contributed by atoms with Crippen molar-refractivity contribution in [2.45, 2.75) is 19.0 Å². The number of nitrogens with zero attached hydrogens (tertiary/aromatic N) is 4. The number of anilines is 2. The van der Waals surface area contributed by atoms with Crippen molar-refractivity contribution in [3.8, 4) is 11.6 Å². The quantitative estimate of drug-likeness (QED) is 0.341. The highest BCUT2D eigenvalue weighted by atomic mass is 32.2. The van der Waals surface area contributed by atoms with Crippen LogP contribution in [0.3, 0.4) is 0 Å². The van der Waals surface area contributed by atoms with Crippen molar-refractivity contribution < 1.29 is 13.2 Å². The monoisotopic (exact) mass is 534 g/mol. The van der Waals surface area contributed by atoms with Gasteiger partial charge < -0.3 is 19.5 Å². The fraction of sp³-hybridized carbons (Fsp3) is 0.192. The second-order valence-electron chi connectivity index (χ2n) is 8.75. The highest BCUT2D eigenvalue weighted by Crippen LogP contribution is 2.43. The molecule has 2 N–H and O–H groups in total. The number of thiocarbonyl (C=S) groups is 1. The molecule has 0 bridgehead atoms. The molecule has 9 nitrogen and oxygen atoms in total. The van der Waals surface area contributed by atoms with Crippen molar-refractivity contribution in [3.05, 3.63) is 96.2 Å². The summed E-state index contributed by atoms with van der Waals surface area (Å²) in [6, 6.07) is 18.5. The van der Waals surface area contributed by atoms with Gasteiger partial charge in [0.2, 0.25) is 10.0 Å². The summed E-state index contributed by atoms with van der Waals surface area (Å²) in [5, 5.41) is 3.95. The number of aryl methyl sites for hydroxylation is 1. The predicted molar refractivity (Wildman–Crippen MR) is 148 cm³/mol. The van der Waals surface area contributed by atoms with Gasteiger partial charge in [-0.05, 0) is 67.2 Å². The van der Waals surface area contributed by atoms with Crippen molar-refractivity contribution in [2.24, 2.45) is 0 Å². The molecule has 0 saturated carbocycles. The minimum absolute atomic E-state index is 0.257. The summed E-state index contributed by atoms with van der Waals surface area (Å²) < 4.78 is 33.7. The van der Waals surface area contributed by atoms with E-state index in [0.29, 0.717) is 16.5 Å². The van der Waals surface area contributed by atoms with E-state index in [1.165, 1.54) is 7.11 Å². The molecule has 1 fully saturated rings. The number of benzene rings is 1. The normalized spacial score (nSPS) is 17.5. The molecule has 3 aromatic heterocycles. The SMILES string of the molecule is COc1cc(N2C(=S)N[C@H](c3ccccn3)[C@@H]2c2cccn2-c2ccc(C)cn2)ccc1NS(C)(=O)=O. The Morgan fingerprint density at radius 1 is 1.08 bits per heavy atom. The average Bonchev–Trinajstić information content (AvgIpc) is 3.49. The van der Waals surface area contributed by atoms with Crippen LogP contribution in [0.4, 0.5) is 11.4 Å². The number of rotatable bonds is 7. The van der Waals surface area contributed by atoms with Gasteiger partial charge in [-0.2, -0.15) is 0 Å². The van der Waals surface area contributed by atoms with Crippen LogP contribution in [-0.4, -0.2) is 41.4 Å². The number of pyridine rings is 2. The lowest BCUT2D eigenvalue weighted by atomic mass is 10.0. The molecule has 1 aliphatic heterocycles. The molecule has 0 radical (unpaired) electrons. The summed E-state index contributed by atoms with van der Waals surface area (Å²) in [5.41, 5.74) is 3.95. The summed E-state index contributed by atoms with van der Waals surface area (Å²) in [6.07, 6.45) is 6.67. The maximum Gasteiger partial charge on any atom is 0.229 e. The molecule has 5 rings (SSSR count). The second-order valence-corrected chi connectivity index (χ2v) is 10.9. The minimum atomic E-state index is -3.48. The van der Waals surface area contributed by atoms with Crippen molar-refractivity contribution in [2.75, 3.05) is 23.0 Å². The molecular formula is C26H26N6O3S2. The van der Waals surface area contributed by atoms with Gasteiger partial charge in [0.05, 0.1) is 30.8 Å². The smallest absolute Gasteiger partial charge is 0.229 e. The number of hydrogen-bond donors (Lipinski definition) is 2. The Bertz CT molecular complexity index is 1540. The summed E-state index contributed by atoms with van der Waals surface area (Å²) in [6.45, 7) is 2.00.